The first kappa shape index (κ1) is 13.9. The molecule has 1 atom stereocenters. The van der Waals surface area contributed by atoms with E-state index in [1.54, 1.807) is 19.3 Å². The second-order valence-electron chi connectivity index (χ2n) is 4.23. The molecule has 1 rings (SSSR count). The summed E-state index contributed by atoms with van der Waals surface area (Å²) in [6.45, 7) is 6.56. The Bertz CT molecular complexity index is 366. The van der Waals surface area contributed by atoms with Gasteiger partial charge in [0.2, 0.25) is 11.9 Å². The summed E-state index contributed by atoms with van der Waals surface area (Å²) >= 11 is 3.25. The highest BCUT2D eigenvalue weighted by molar-refractivity contribution is 9.10. The second kappa shape index (κ2) is 6.54. The molecule has 0 aliphatic rings. The van der Waals surface area contributed by atoms with E-state index < -0.39 is 0 Å². The molecule has 0 bridgehead atoms. The Labute approximate surface area is 110 Å². The summed E-state index contributed by atoms with van der Waals surface area (Å²) < 4.78 is 0.806. The van der Waals surface area contributed by atoms with Gasteiger partial charge in [0.15, 0.2) is 0 Å². The molecule has 2 N–H and O–H groups in total. The van der Waals surface area contributed by atoms with Crippen molar-refractivity contribution in [1.82, 2.24) is 15.3 Å². The highest BCUT2D eigenvalue weighted by Crippen LogP contribution is 2.07. The third kappa shape index (κ3) is 5.12. The van der Waals surface area contributed by atoms with E-state index in [9.17, 15) is 4.79 Å². The molecule has 0 aliphatic carbocycles. The molecule has 0 aliphatic heterocycles. The van der Waals surface area contributed by atoms with Gasteiger partial charge in [-0.1, -0.05) is 13.8 Å². The molecule has 17 heavy (non-hydrogen) atoms. The monoisotopic (exact) mass is 300 g/mol. The third-order valence-electron chi connectivity index (χ3n) is 2.04. The van der Waals surface area contributed by atoms with E-state index in [-0.39, 0.29) is 11.9 Å². The molecule has 0 saturated heterocycles. The molecule has 0 saturated carbocycles. The minimum absolute atomic E-state index is 0.0507. The first-order valence-electron chi connectivity index (χ1n) is 5.51. The predicted molar refractivity (Wildman–Crippen MR) is 70.7 cm³/mol. The van der Waals surface area contributed by atoms with Crippen LogP contribution in [0.4, 0.5) is 5.95 Å². The molecule has 1 heterocycles. The van der Waals surface area contributed by atoms with Crippen LogP contribution in [0, 0.1) is 5.92 Å². The largest absolute Gasteiger partial charge is 0.354 e. The number of hydrogen-bond acceptors (Lipinski definition) is 4. The number of rotatable bonds is 5. The van der Waals surface area contributed by atoms with Gasteiger partial charge in [0.1, 0.15) is 6.04 Å². The maximum atomic E-state index is 11.7. The van der Waals surface area contributed by atoms with E-state index in [0.29, 0.717) is 18.4 Å². The molecule has 94 valence electrons. The van der Waals surface area contributed by atoms with Gasteiger partial charge in [0.05, 0.1) is 4.47 Å². The average Bonchev–Trinajstić information content (AvgIpc) is 2.28. The normalized spacial score (nSPS) is 12.3. The topological polar surface area (TPSA) is 66.9 Å². The number of anilines is 1. The van der Waals surface area contributed by atoms with Gasteiger partial charge >= 0.3 is 0 Å². The Morgan fingerprint density at radius 2 is 1.94 bits per heavy atom. The molecule has 0 aromatic carbocycles. The first-order chi connectivity index (χ1) is 7.99. The first-order valence-corrected chi connectivity index (χ1v) is 6.30. The molecular formula is C11H17BrN4O. The van der Waals surface area contributed by atoms with Crippen molar-refractivity contribution >= 4 is 27.8 Å². The molecule has 1 aromatic heterocycles. The minimum atomic E-state index is -0.352. The van der Waals surface area contributed by atoms with E-state index in [2.05, 4.69) is 50.4 Å². The van der Waals surface area contributed by atoms with Crippen LogP contribution in [0.15, 0.2) is 16.9 Å². The zero-order chi connectivity index (χ0) is 12.8. The van der Waals surface area contributed by atoms with Crippen molar-refractivity contribution in [3.05, 3.63) is 16.9 Å². The summed E-state index contributed by atoms with van der Waals surface area (Å²) in [7, 11) is 0. The van der Waals surface area contributed by atoms with Gasteiger partial charge in [-0.25, -0.2) is 9.97 Å². The third-order valence-corrected chi connectivity index (χ3v) is 2.45. The Hall–Kier alpha value is -1.17. The van der Waals surface area contributed by atoms with E-state index in [0.717, 1.165) is 4.47 Å². The number of carbonyl (C=O) groups is 1. The molecule has 0 spiro atoms. The lowest BCUT2D eigenvalue weighted by Gasteiger charge is -2.14. The van der Waals surface area contributed by atoms with Crippen molar-refractivity contribution in [2.45, 2.75) is 26.8 Å². The second-order valence-corrected chi connectivity index (χ2v) is 5.15. The maximum Gasteiger partial charge on any atom is 0.242 e. The Kier molecular flexibility index (Phi) is 5.34. The van der Waals surface area contributed by atoms with Crippen LogP contribution < -0.4 is 10.6 Å². The summed E-state index contributed by atoms with van der Waals surface area (Å²) in [6, 6.07) is -0.352. The fourth-order valence-electron chi connectivity index (χ4n) is 1.10. The molecule has 1 unspecified atom stereocenters. The standard InChI is InChI=1S/C11H17BrN4O/c1-7(2)4-13-10(17)8(3)16-11-14-5-9(12)6-15-11/h5-8H,4H2,1-3H3,(H,13,17)(H,14,15,16). The number of aromatic nitrogens is 2. The predicted octanol–water partition coefficient (Wildman–Crippen LogP) is 1.81. The van der Waals surface area contributed by atoms with E-state index in [1.165, 1.54) is 0 Å². The smallest absolute Gasteiger partial charge is 0.242 e. The average molecular weight is 301 g/mol. The van der Waals surface area contributed by atoms with Crippen molar-refractivity contribution in [3.63, 3.8) is 0 Å². The summed E-state index contributed by atoms with van der Waals surface area (Å²) in [5.74, 6) is 0.834. The lowest BCUT2D eigenvalue weighted by molar-refractivity contribution is -0.121. The van der Waals surface area contributed by atoms with Crippen LogP contribution in [-0.4, -0.2) is 28.5 Å². The highest BCUT2D eigenvalue weighted by Gasteiger charge is 2.13. The molecule has 1 aromatic rings. The Morgan fingerprint density at radius 1 is 1.35 bits per heavy atom. The van der Waals surface area contributed by atoms with Gasteiger partial charge in [-0.3, -0.25) is 4.79 Å². The Morgan fingerprint density at radius 3 is 2.47 bits per heavy atom. The van der Waals surface area contributed by atoms with Gasteiger partial charge in [0.25, 0.3) is 0 Å². The number of amides is 1. The lowest BCUT2D eigenvalue weighted by Crippen LogP contribution is -2.39. The number of carbonyl (C=O) groups excluding carboxylic acids is 1. The van der Waals surface area contributed by atoms with Crippen molar-refractivity contribution in [3.8, 4) is 0 Å². The van der Waals surface area contributed by atoms with Gasteiger partial charge in [0, 0.05) is 18.9 Å². The summed E-state index contributed by atoms with van der Waals surface area (Å²) in [5, 5.41) is 5.78. The molecule has 0 fully saturated rings. The van der Waals surface area contributed by atoms with Crippen LogP contribution in [0.3, 0.4) is 0 Å². The van der Waals surface area contributed by atoms with Gasteiger partial charge in [-0.15, -0.1) is 0 Å². The highest BCUT2D eigenvalue weighted by atomic mass is 79.9. The zero-order valence-corrected chi connectivity index (χ0v) is 11.8. The lowest BCUT2D eigenvalue weighted by atomic mass is 10.2. The molecule has 6 heteroatoms. The number of hydrogen-bond donors (Lipinski definition) is 2. The van der Waals surface area contributed by atoms with E-state index >= 15 is 0 Å². The molecule has 1 amide bonds. The van der Waals surface area contributed by atoms with Crippen LogP contribution in [0.2, 0.25) is 0 Å². The quantitative estimate of drug-likeness (QED) is 0.870. The maximum absolute atomic E-state index is 11.7. The summed E-state index contributed by atoms with van der Waals surface area (Å²) in [5.41, 5.74) is 0. The van der Waals surface area contributed by atoms with Gasteiger partial charge < -0.3 is 10.6 Å². The minimum Gasteiger partial charge on any atom is -0.354 e. The van der Waals surface area contributed by atoms with Gasteiger partial charge in [-0.2, -0.15) is 0 Å². The zero-order valence-electron chi connectivity index (χ0n) is 10.2. The van der Waals surface area contributed by atoms with E-state index in [1.807, 2.05) is 0 Å². The van der Waals surface area contributed by atoms with Crippen molar-refractivity contribution in [1.29, 1.82) is 0 Å². The fourth-order valence-corrected chi connectivity index (χ4v) is 1.31. The Balaban J connectivity index is 2.45. The van der Waals surface area contributed by atoms with Crippen LogP contribution in [-0.2, 0) is 4.79 Å². The number of nitrogens with one attached hydrogen (secondary N) is 2. The molecule has 0 radical (unpaired) electrons. The van der Waals surface area contributed by atoms with Crippen LogP contribution in [0.1, 0.15) is 20.8 Å². The molecular weight excluding hydrogens is 284 g/mol. The molecule has 5 nitrogen and oxygen atoms in total. The van der Waals surface area contributed by atoms with Gasteiger partial charge in [-0.05, 0) is 28.8 Å². The summed E-state index contributed by atoms with van der Waals surface area (Å²) in [4.78, 5) is 19.8. The number of halogens is 1. The fraction of sp³-hybridized carbons (Fsp3) is 0.545. The number of nitrogens with zero attached hydrogens (tertiary/aromatic N) is 2. The van der Waals surface area contributed by atoms with E-state index in [4.69, 9.17) is 0 Å². The summed E-state index contributed by atoms with van der Waals surface area (Å²) in [6.07, 6.45) is 3.27. The van der Waals surface area contributed by atoms with Crippen molar-refractivity contribution in [2.24, 2.45) is 5.92 Å². The van der Waals surface area contributed by atoms with Crippen LogP contribution in [0.25, 0.3) is 0 Å². The van der Waals surface area contributed by atoms with Crippen molar-refractivity contribution in [2.75, 3.05) is 11.9 Å². The SMILES string of the molecule is CC(C)CNC(=O)C(C)Nc1ncc(Br)cn1. The van der Waals surface area contributed by atoms with Crippen LogP contribution >= 0.6 is 15.9 Å². The van der Waals surface area contributed by atoms with Crippen molar-refractivity contribution < 1.29 is 4.79 Å². The van der Waals surface area contributed by atoms with Crippen LogP contribution in [0.5, 0.6) is 0 Å².